The molecule has 2 aromatic rings. The van der Waals surface area contributed by atoms with E-state index in [-0.39, 0.29) is 28.9 Å². The maximum absolute atomic E-state index is 12.2. The molecule has 172 valence electrons. The first-order valence-electron chi connectivity index (χ1n) is 10.3. The molecule has 0 aromatic heterocycles. The van der Waals surface area contributed by atoms with Crippen molar-refractivity contribution in [3.05, 3.63) is 68.2 Å². The van der Waals surface area contributed by atoms with Gasteiger partial charge >= 0.3 is 5.69 Å². The van der Waals surface area contributed by atoms with Crippen LogP contribution in [0.4, 0.5) is 5.69 Å². The molecule has 0 radical (unpaired) electrons. The zero-order chi connectivity index (χ0) is 24.1. The number of hydrazone groups is 1. The molecule has 1 amide bonds. The number of hydrogen-bond donors (Lipinski definition) is 1. The first-order chi connectivity index (χ1) is 14.8. The lowest BCUT2D eigenvalue weighted by atomic mass is 9.72. The smallest absolute Gasteiger partial charge is 0.311 e. The number of carbonyl (C=O) groups is 1. The normalized spacial score (nSPS) is 12.4. The zero-order valence-electron chi connectivity index (χ0n) is 19.4. The van der Waals surface area contributed by atoms with Gasteiger partial charge in [0.1, 0.15) is 0 Å². The van der Waals surface area contributed by atoms with E-state index in [1.54, 1.807) is 13.0 Å². The average Bonchev–Trinajstić information content (AvgIpc) is 2.68. The van der Waals surface area contributed by atoms with Crippen LogP contribution < -0.4 is 10.2 Å². The molecule has 1 N–H and O–H groups in total. The van der Waals surface area contributed by atoms with Crippen molar-refractivity contribution in [2.75, 3.05) is 6.61 Å². The van der Waals surface area contributed by atoms with Gasteiger partial charge in [-0.1, -0.05) is 68.7 Å². The number of rotatable bonds is 8. The maximum atomic E-state index is 12.2. The van der Waals surface area contributed by atoms with E-state index in [4.69, 9.17) is 4.74 Å². The summed E-state index contributed by atoms with van der Waals surface area (Å²) in [7, 11) is 0. The largest absolute Gasteiger partial charge is 0.477 e. The zero-order valence-corrected chi connectivity index (χ0v) is 20.9. The van der Waals surface area contributed by atoms with Crippen molar-refractivity contribution < 1.29 is 14.5 Å². The number of nitro benzene ring substituents is 1. The van der Waals surface area contributed by atoms with Crippen molar-refractivity contribution in [1.82, 2.24) is 5.43 Å². The highest BCUT2D eigenvalue weighted by molar-refractivity contribution is 9.10. The van der Waals surface area contributed by atoms with Crippen molar-refractivity contribution in [2.24, 2.45) is 10.5 Å². The molecule has 2 aromatic carbocycles. The van der Waals surface area contributed by atoms with Crippen LogP contribution in [0.1, 0.15) is 59.1 Å². The Kier molecular flexibility index (Phi) is 8.18. The van der Waals surface area contributed by atoms with Crippen LogP contribution in [0.5, 0.6) is 5.75 Å². The van der Waals surface area contributed by atoms with E-state index >= 15 is 0 Å². The Labute approximate surface area is 197 Å². The third kappa shape index (κ3) is 7.44. The lowest BCUT2D eigenvalue weighted by molar-refractivity contribution is -0.385. The van der Waals surface area contributed by atoms with Gasteiger partial charge in [0.25, 0.3) is 5.91 Å². The van der Waals surface area contributed by atoms with Gasteiger partial charge in [-0.2, -0.15) is 5.10 Å². The summed E-state index contributed by atoms with van der Waals surface area (Å²) in [4.78, 5) is 23.3. The number of nitro groups is 1. The van der Waals surface area contributed by atoms with Gasteiger partial charge in [0.15, 0.2) is 12.4 Å². The molecule has 32 heavy (non-hydrogen) atoms. The number of benzene rings is 2. The highest BCUT2D eigenvalue weighted by Gasteiger charge is 2.29. The number of nitrogens with one attached hydrogen (secondary N) is 1. The summed E-state index contributed by atoms with van der Waals surface area (Å²) in [5.74, 6) is -0.459. The Bertz CT molecular complexity index is 1030. The minimum Gasteiger partial charge on any atom is -0.477 e. The fourth-order valence-corrected chi connectivity index (χ4v) is 4.13. The maximum Gasteiger partial charge on any atom is 0.311 e. The van der Waals surface area contributed by atoms with E-state index in [9.17, 15) is 14.9 Å². The molecule has 0 aliphatic heterocycles. The molecule has 0 aliphatic rings. The summed E-state index contributed by atoms with van der Waals surface area (Å²) < 4.78 is 6.36. The summed E-state index contributed by atoms with van der Waals surface area (Å²) in [6.45, 7) is 11.9. The molecule has 7 nitrogen and oxygen atoms in total. The monoisotopic (exact) mass is 503 g/mol. The number of halogens is 1. The van der Waals surface area contributed by atoms with Crippen LogP contribution in [0.25, 0.3) is 0 Å². The Morgan fingerprint density at radius 2 is 1.84 bits per heavy atom. The van der Waals surface area contributed by atoms with E-state index in [2.05, 4.69) is 61.1 Å². The molecule has 0 atom stereocenters. The van der Waals surface area contributed by atoms with Crippen LogP contribution >= 0.6 is 15.9 Å². The van der Waals surface area contributed by atoms with Crippen LogP contribution in [0.3, 0.4) is 0 Å². The summed E-state index contributed by atoms with van der Waals surface area (Å²) in [6, 6.07) is 12.4. The Morgan fingerprint density at radius 3 is 2.44 bits per heavy atom. The topological polar surface area (TPSA) is 93.8 Å². The SMILES string of the molecule is CC(=NNC(=O)COc1ccc(C(C)(C)CC(C)(C)C)cc1[N+](=O)[O-])c1cccc(Br)c1. The highest BCUT2D eigenvalue weighted by atomic mass is 79.9. The van der Waals surface area contributed by atoms with Gasteiger partial charge in [-0.25, -0.2) is 5.43 Å². The predicted molar refractivity (Wildman–Crippen MR) is 130 cm³/mol. The van der Waals surface area contributed by atoms with Crippen LogP contribution in [-0.2, 0) is 10.2 Å². The van der Waals surface area contributed by atoms with E-state index in [0.717, 1.165) is 22.0 Å². The van der Waals surface area contributed by atoms with Crippen molar-refractivity contribution in [3.63, 3.8) is 0 Å². The number of amides is 1. The Morgan fingerprint density at radius 1 is 1.16 bits per heavy atom. The predicted octanol–water partition coefficient (Wildman–Crippen LogP) is 5.99. The second-order valence-electron chi connectivity index (χ2n) is 9.59. The van der Waals surface area contributed by atoms with E-state index < -0.39 is 10.8 Å². The molecule has 0 fully saturated rings. The first kappa shape index (κ1) is 25.5. The lowest BCUT2D eigenvalue weighted by Crippen LogP contribution is -2.26. The molecule has 0 bridgehead atoms. The summed E-state index contributed by atoms with van der Waals surface area (Å²) in [5.41, 5.74) is 4.40. The molecule has 0 saturated carbocycles. The summed E-state index contributed by atoms with van der Waals surface area (Å²) in [6.07, 6.45) is 0.856. The molecule has 8 heteroatoms. The molecule has 0 unspecified atom stereocenters. The fourth-order valence-electron chi connectivity index (χ4n) is 3.73. The Hall–Kier alpha value is -2.74. The van der Waals surface area contributed by atoms with E-state index in [0.29, 0.717) is 5.71 Å². The van der Waals surface area contributed by atoms with Gasteiger partial charge in [-0.3, -0.25) is 14.9 Å². The van der Waals surface area contributed by atoms with Gasteiger partial charge in [0.2, 0.25) is 0 Å². The molecular weight excluding hydrogens is 474 g/mol. The average molecular weight is 504 g/mol. The third-order valence-corrected chi connectivity index (χ3v) is 5.35. The summed E-state index contributed by atoms with van der Waals surface area (Å²) >= 11 is 3.39. The lowest BCUT2D eigenvalue weighted by Gasteiger charge is -2.33. The van der Waals surface area contributed by atoms with Crippen LogP contribution in [0.2, 0.25) is 0 Å². The minimum atomic E-state index is -0.509. The van der Waals surface area contributed by atoms with Crippen molar-refractivity contribution in [2.45, 2.75) is 53.4 Å². The van der Waals surface area contributed by atoms with Gasteiger partial charge in [-0.05, 0) is 53.5 Å². The van der Waals surface area contributed by atoms with E-state index in [1.165, 1.54) is 6.07 Å². The van der Waals surface area contributed by atoms with Crippen molar-refractivity contribution in [1.29, 1.82) is 0 Å². The Balaban J connectivity index is 2.09. The minimum absolute atomic E-state index is 0.0492. The number of carbonyl (C=O) groups excluding carboxylic acids is 1. The van der Waals surface area contributed by atoms with E-state index in [1.807, 2.05) is 30.3 Å². The molecule has 2 rings (SSSR count). The quantitative estimate of drug-likeness (QED) is 0.272. The standard InChI is InChI=1S/C24H30BrN3O4/c1-16(17-8-7-9-19(25)12-17)26-27-22(29)14-32-21-11-10-18(13-20(21)28(30)31)24(5,6)15-23(2,3)4/h7-13H,14-15H2,1-6H3,(H,27,29). The van der Waals surface area contributed by atoms with Crippen LogP contribution in [0, 0.1) is 15.5 Å². The van der Waals surface area contributed by atoms with Gasteiger partial charge in [0.05, 0.1) is 10.6 Å². The van der Waals surface area contributed by atoms with Crippen LogP contribution in [0.15, 0.2) is 52.0 Å². The fraction of sp³-hybridized carbons (Fsp3) is 0.417. The van der Waals surface area contributed by atoms with Crippen molar-refractivity contribution >= 4 is 33.2 Å². The summed E-state index contributed by atoms with van der Waals surface area (Å²) in [5, 5.41) is 15.7. The van der Waals surface area contributed by atoms with Crippen LogP contribution in [-0.4, -0.2) is 23.1 Å². The third-order valence-electron chi connectivity index (χ3n) is 4.86. The van der Waals surface area contributed by atoms with Gasteiger partial charge in [-0.15, -0.1) is 0 Å². The second kappa shape index (κ2) is 10.3. The highest BCUT2D eigenvalue weighted by Crippen LogP contribution is 2.39. The molecule has 0 saturated heterocycles. The number of ether oxygens (including phenoxy) is 1. The second-order valence-corrected chi connectivity index (χ2v) is 10.5. The van der Waals surface area contributed by atoms with Crippen molar-refractivity contribution in [3.8, 4) is 5.75 Å². The van der Waals surface area contributed by atoms with Gasteiger partial charge in [0, 0.05) is 10.5 Å². The molecular formula is C24H30BrN3O4. The molecule has 0 heterocycles. The molecule has 0 aliphatic carbocycles. The van der Waals surface area contributed by atoms with Gasteiger partial charge < -0.3 is 4.74 Å². The number of hydrogen-bond acceptors (Lipinski definition) is 5. The number of nitrogens with zero attached hydrogens (tertiary/aromatic N) is 2. The first-order valence-corrected chi connectivity index (χ1v) is 11.1. The molecule has 0 spiro atoms.